The molecule has 3 N–H and O–H groups in total. The quantitative estimate of drug-likeness (QED) is 0.707. The van der Waals surface area contributed by atoms with Crippen molar-refractivity contribution in [1.29, 1.82) is 0 Å². The molecular formula is C15H16O5. The number of aliphatic hydroxyl groups is 2. The maximum atomic E-state index is 12.5. The van der Waals surface area contributed by atoms with Gasteiger partial charge in [0.25, 0.3) is 0 Å². The number of benzene rings is 1. The van der Waals surface area contributed by atoms with Gasteiger partial charge in [0.1, 0.15) is 18.0 Å². The molecule has 1 aliphatic carbocycles. The number of aliphatic hydroxyl groups excluding tert-OH is 2. The highest BCUT2D eigenvalue weighted by molar-refractivity contribution is 6.22. The third-order valence-electron chi connectivity index (χ3n) is 4.02. The summed E-state index contributed by atoms with van der Waals surface area (Å²) >= 11 is 0. The van der Waals surface area contributed by atoms with Crippen molar-refractivity contribution in [3.8, 4) is 5.75 Å². The molecule has 5 nitrogen and oxygen atoms in total. The van der Waals surface area contributed by atoms with Gasteiger partial charge in [-0.3, -0.25) is 4.79 Å². The molecular weight excluding hydrogens is 260 g/mol. The zero-order valence-electron chi connectivity index (χ0n) is 10.8. The third kappa shape index (κ3) is 2.09. The Morgan fingerprint density at radius 3 is 2.50 bits per heavy atom. The molecule has 4 atom stereocenters. The molecule has 1 aliphatic heterocycles. The molecule has 0 radical (unpaired) electrons. The molecule has 1 saturated carbocycles. The Kier molecular flexibility index (Phi) is 3.23. The van der Waals surface area contributed by atoms with E-state index in [-0.39, 0.29) is 11.5 Å². The molecule has 0 bridgehead atoms. The van der Waals surface area contributed by atoms with Crippen molar-refractivity contribution < 1.29 is 24.9 Å². The lowest BCUT2D eigenvalue weighted by atomic mass is 9.76. The first-order valence-electron chi connectivity index (χ1n) is 6.63. The van der Waals surface area contributed by atoms with E-state index in [2.05, 4.69) is 0 Å². The fourth-order valence-electron chi connectivity index (χ4n) is 2.85. The van der Waals surface area contributed by atoms with E-state index in [0.29, 0.717) is 24.0 Å². The van der Waals surface area contributed by atoms with Gasteiger partial charge in [-0.1, -0.05) is 12.1 Å². The number of rotatable bonds is 1. The number of hydrogen-bond acceptors (Lipinski definition) is 5. The van der Waals surface area contributed by atoms with Crippen molar-refractivity contribution in [2.24, 2.45) is 5.92 Å². The molecule has 1 aromatic rings. The van der Waals surface area contributed by atoms with Crippen LogP contribution in [0.25, 0.3) is 5.57 Å². The minimum atomic E-state index is -1.03. The molecule has 5 heteroatoms. The molecule has 1 heterocycles. The first kappa shape index (κ1) is 13.1. The molecule has 0 saturated heterocycles. The lowest BCUT2D eigenvalue weighted by Gasteiger charge is -2.39. The topological polar surface area (TPSA) is 87.0 Å². The van der Waals surface area contributed by atoms with Gasteiger partial charge in [0.2, 0.25) is 0 Å². The van der Waals surface area contributed by atoms with Crippen LogP contribution in [0.15, 0.2) is 30.5 Å². The number of carbonyl (C=O) groups excluding carboxylic acids is 1. The highest BCUT2D eigenvalue weighted by Gasteiger charge is 2.45. The van der Waals surface area contributed by atoms with Gasteiger partial charge in [-0.05, 0) is 30.5 Å². The smallest absolute Gasteiger partial charge is 0.173 e. The summed E-state index contributed by atoms with van der Waals surface area (Å²) in [6.45, 7) is 0. The number of allylic oxidation sites excluding steroid dienone is 1. The number of ketones is 1. The van der Waals surface area contributed by atoms with E-state index in [9.17, 15) is 20.1 Å². The van der Waals surface area contributed by atoms with Crippen molar-refractivity contribution >= 4 is 11.4 Å². The van der Waals surface area contributed by atoms with Crippen LogP contribution in [-0.2, 0) is 9.53 Å². The summed E-state index contributed by atoms with van der Waals surface area (Å²) in [4.78, 5) is 12.5. The molecule has 20 heavy (non-hydrogen) atoms. The second-order valence-corrected chi connectivity index (χ2v) is 5.29. The van der Waals surface area contributed by atoms with Crippen LogP contribution in [-0.4, -0.2) is 39.4 Å². The summed E-state index contributed by atoms with van der Waals surface area (Å²) in [7, 11) is 0. The van der Waals surface area contributed by atoms with Gasteiger partial charge < -0.3 is 20.1 Å². The SMILES string of the molecule is O=C1C(c2ccc(O)cc2)=COC2C1CCC(O)C2O. The van der Waals surface area contributed by atoms with Crippen molar-refractivity contribution in [1.82, 2.24) is 0 Å². The van der Waals surface area contributed by atoms with Crippen LogP contribution in [0.1, 0.15) is 18.4 Å². The minimum absolute atomic E-state index is 0.0853. The van der Waals surface area contributed by atoms with E-state index in [0.717, 1.165) is 0 Å². The van der Waals surface area contributed by atoms with Crippen molar-refractivity contribution in [3.05, 3.63) is 36.1 Å². The van der Waals surface area contributed by atoms with Crippen LogP contribution >= 0.6 is 0 Å². The second kappa shape index (κ2) is 4.92. The number of phenols is 1. The predicted molar refractivity (Wildman–Crippen MR) is 70.7 cm³/mol. The van der Waals surface area contributed by atoms with Crippen LogP contribution in [0.4, 0.5) is 0 Å². The zero-order valence-corrected chi connectivity index (χ0v) is 10.8. The number of aromatic hydroxyl groups is 1. The first-order chi connectivity index (χ1) is 9.58. The van der Waals surface area contributed by atoms with E-state index >= 15 is 0 Å². The van der Waals surface area contributed by atoms with Gasteiger partial charge in [-0.25, -0.2) is 0 Å². The standard InChI is InChI=1S/C15H16O5/c16-9-3-1-8(2-4-9)11-7-20-15-10(13(11)18)5-6-12(17)14(15)19/h1-4,7,10,12,14-17,19H,5-6H2. The summed E-state index contributed by atoms with van der Waals surface area (Å²) in [6.07, 6.45) is -0.315. The summed E-state index contributed by atoms with van der Waals surface area (Å²) < 4.78 is 5.48. The van der Waals surface area contributed by atoms with E-state index in [1.807, 2.05) is 0 Å². The molecule has 2 aliphatic rings. The molecule has 0 amide bonds. The van der Waals surface area contributed by atoms with Crippen LogP contribution in [0.2, 0.25) is 0 Å². The Morgan fingerprint density at radius 1 is 1.10 bits per heavy atom. The van der Waals surface area contributed by atoms with Gasteiger partial charge in [-0.2, -0.15) is 0 Å². The van der Waals surface area contributed by atoms with Gasteiger partial charge in [0, 0.05) is 0 Å². The molecule has 3 rings (SSSR count). The lowest BCUT2D eigenvalue weighted by Crippen LogP contribution is -2.51. The Hall–Kier alpha value is -1.85. The van der Waals surface area contributed by atoms with E-state index in [4.69, 9.17) is 4.74 Å². The zero-order chi connectivity index (χ0) is 14.3. The van der Waals surface area contributed by atoms with Gasteiger partial charge >= 0.3 is 0 Å². The maximum absolute atomic E-state index is 12.5. The molecule has 0 spiro atoms. The van der Waals surface area contributed by atoms with Gasteiger partial charge in [-0.15, -0.1) is 0 Å². The molecule has 4 unspecified atom stereocenters. The molecule has 0 aromatic heterocycles. The van der Waals surface area contributed by atoms with E-state index in [1.165, 1.54) is 18.4 Å². The normalized spacial score (nSPS) is 33.1. The third-order valence-corrected chi connectivity index (χ3v) is 4.02. The van der Waals surface area contributed by atoms with Gasteiger partial charge in [0.05, 0.1) is 23.9 Å². The van der Waals surface area contributed by atoms with Crippen LogP contribution < -0.4 is 0 Å². The van der Waals surface area contributed by atoms with Gasteiger partial charge in [0.15, 0.2) is 5.78 Å². The van der Waals surface area contributed by atoms with Crippen molar-refractivity contribution in [2.45, 2.75) is 31.2 Å². The fraction of sp³-hybridized carbons (Fsp3) is 0.400. The Balaban J connectivity index is 1.90. The number of carbonyl (C=O) groups is 1. The number of Topliss-reactive ketones (excluding diaryl/α,β-unsaturated/α-hetero) is 1. The number of hydrogen-bond donors (Lipinski definition) is 3. The van der Waals surface area contributed by atoms with Crippen LogP contribution in [0.3, 0.4) is 0 Å². The number of fused-ring (bicyclic) bond motifs is 1. The maximum Gasteiger partial charge on any atom is 0.173 e. The minimum Gasteiger partial charge on any atom is -0.508 e. The predicted octanol–water partition coefficient (Wildman–Crippen LogP) is 0.833. The Labute approximate surface area is 116 Å². The highest BCUT2D eigenvalue weighted by Crippen LogP contribution is 2.36. The van der Waals surface area contributed by atoms with Crippen molar-refractivity contribution in [2.75, 3.05) is 0 Å². The van der Waals surface area contributed by atoms with Crippen molar-refractivity contribution in [3.63, 3.8) is 0 Å². The average molecular weight is 276 g/mol. The lowest BCUT2D eigenvalue weighted by molar-refractivity contribution is -0.143. The highest BCUT2D eigenvalue weighted by atomic mass is 16.5. The average Bonchev–Trinajstić information content (AvgIpc) is 2.45. The number of ether oxygens (including phenoxy) is 1. The first-order valence-corrected chi connectivity index (χ1v) is 6.63. The van der Waals surface area contributed by atoms with Crippen LogP contribution in [0.5, 0.6) is 5.75 Å². The monoisotopic (exact) mass is 276 g/mol. The summed E-state index contributed by atoms with van der Waals surface area (Å²) in [6, 6.07) is 6.32. The Morgan fingerprint density at radius 2 is 1.80 bits per heavy atom. The summed E-state index contributed by atoms with van der Waals surface area (Å²) in [5, 5.41) is 28.8. The fourth-order valence-corrected chi connectivity index (χ4v) is 2.85. The molecule has 106 valence electrons. The van der Waals surface area contributed by atoms with Crippen LogP contribution in [0, 0.1) is 5.92 Å². The van der Waals surface area contributed by atoms with E-state index < -0.39 is 24.2 Å². The summed E-state index contributed by atoms with van der Waals surface area (Å²) in [5.74, 6) is -0.382. The second-order valence-electron chi connectivity index (χ2n) is 5.29. The van der Waals surface area contributed by atoms with E-state index in [1.54, 1.807) is 12.1 Å². The number of phenolic OH excluding ortho intramolecular Hbond substituents is 1. The molecule has 1 aromatic carbocycles. The largest absolute Gasteiger partial charge is 0.508 e. The Bertz CT molecular complexity index is 548. The molecule has 1 fully saturated rings. The summed E-state index contributed by atoms with van der Waals surface area (Å²) in [5.41, 5.74) is 1.11.